The molecule has 1 aliphatic heterocycles. The van der Waals surface area contributed by atoms with E-state index in [0.29, 0.717) is 19.6 Å². The van der Waals surface area contributed by atoms with Gasteiger partial charge in [0.25, 0.3) is 5.91 Å². The summed E-state index contributed by atoms with van der Waals surface area (Å²) >= 11 is 1.56. The Bertz CT molecular complexity index is 666. The van der Waals surface area contributed by atoms with Crippen LogP contribution >= 0.6 is 11.3 Å². The van der Waals surface area contributed by atoms with Crippen LogP contribution in [-0.4, -0.2) is 57.0 Å². The van der Waals surface area contributed by atoms with Crippen molar-refractivity contribution >= 4 is 27.1 Å². The molecule has 0 saturated carbocycles. The molecule has 1 amide bonds. The first-order chi connectivity index (χ1) is 11.4. The molecule has 0 N–H and O–H groups in total. The average Bonchev–Trinajstić information content (AvgIpc) is 3.11. The summed E-state index contributed by atoms with van der Waals surface area (Å²) in [5.74, 6) is 0.174. The Labute approximate surface area is 148 Å². The van der Waals surface area contributed by atoms with Gasteiger partial charge in [-0.15, -0.1) is 11.3 Å². The predicted molar refractivity (Wildman–Crippen MR) is 97.7 cm³/mol. The summed E-state index contributed by atoms with van der Waals surface area (Å²) in [6, 6.07) is 1.75. The summed E-state index contributed by atoms with van der Waals surface area (Å²) in [5.41, 5.74) is 1.23. The maximum absolute atomic E-state index is 13.0. The number of nitrogens with zero attached hydrogens (tertiary/aromatic N) is 1. The van der Waals surface area contributed by atoms with Crippen LogP contribution in [0.5, 0.6) is 0 Å². The van der Waals surface area contributed by atoms with Crippen LogP contribution in [0.3, 0.4) is 0 Å². The van der Waals surface area contributed by atoms with E-state index in [-0.39, 0.29) is 23.5 Å². The third-order valence-electron chi connectivity index (χ3n) is 4.41. The Morgan fingerprint density at radius 1 is 1.42 bits per heavy atom. The van der Waals surface area contributed by atoms with Crippen LogP contribution in [0.25, 0.3) is 0 Å². The van der Waals surface area contributed by atoms with Crippen molar-refractivity contribution < 1.29 is 17.9 Å². The van der Waals surface area contributed by atoms with Gasteiger partial charge in [0.15, 0.2) is 9.84 Å². The van der Waals surface area contributed by atoms with Gasteiger partial charge in [0.2, 0.25) is 0 Å². The Kier molecular flexibility index (Phi) is 6.83. The van der Waals surface area contributed by atoms with Gasteiger partial charge in [-0.25, -0.2) is 8.42 Å². The van der Waals surface area contributed by atoms with Crippen molar-refractivity contribution in [1.82, 2.24) is 4.90 Å². The van der Waals surface area contributed by atoms with E-state index < -0.39 is 9.84 Å². The molecule has 0 aliphatic carbocycles. The van der Waals surface area contributed by atoms with E-state index in [1.54, 1.807) is 23.3 Å². The average molecular weight is 374 g/mol. The van der Waals surface area contributed by atoms with Gasteiger partial charge in [-0.05, 0) is 30.9 Å². The SMILES string of the molecule is CCCc1sc(C(=O)N(CCOC)C2CCS(=O)(=O)C2)cc1CC. The Hall–Kier alpha value is -0.920. The van der Waals surface area contributed by atoms with E-state index in [1.165, 1.54) is 10.4 Å². The largest absolute Gasteiger partial charge is 0.383 e. The quantitative estimate of drug-likeness (QED) is 0.702. The van der Waals surface area contributed by atoms with Gasteiger partial charge >= 0.3 is 0 Å². The maximum atomic E-state index is 13.0. The minimum absolute atomic E-state index is 0.0591. The highest BCUT2D eigenvalue weighted by molar-refractivity contribution is 7.91. The highest BCUT2D eigenvalue weighted by Crippen LogP contribution is 2.28. The summed E-state index contributed by atoms with van der Waals surface area (Å²) in [6.07, 6.45) is 3.47. The number of carbonyl (C=O) groups excluding carboxylic acids is 1. The van der Waals surface area contributed by atoms with Crippen LogP contribution < -0.4 is 0 Å². The van der Waals surface area contributed by atoms with Gasteiger partial charge in [0, 0.05) is 24.6 Å². The number of thiophene rings is 1. The molecular weight excluding hydrogens is 346 g/mol. The normalized spacial score (nSPS) is 19.5. The lowest BCUT2D eigenvalue weighted by atomic mass is 10.1. The van der Waals surface area contributed by atoms with E-state index in [4.69, 9.17) is 4.74 Å². The molecule has 136 valence electrons. The van der Waals surface area contributed by atoms with Crippen molar-refractivity contribution in [2.75, 3.05) is 31.8 Å². The van der Waals surface area contributed by atoms with Crippen LogP contribution in [-0.2, 0) is 27.4 Å². The first-order valence-corrected chi connectivity index (χ1v) is 11.2. The first-order valence-electron chi connectivity index (χ1n) is 8.53. The summed E-state index contributed by atoms with van der Waals surface area (Å²) in [6.45, 7) is 5.07. The topological polar surface area (TPSA) is 63.7 Å². The summed E-state index contributed by atoms with van der Waals surface area (Å²) in [7, 11) is -1.44. The van der Waals surface area contributed by atoms with Crippen LogP contribution in [0.2, 0.25) is 0 Å². The Balaban J connectivity index is 2.24. The number of ether oxygens (including phenoxy) is 1. The number of methoxy groups -OCH3 is 1. The second kappa shape index (κ2) is 8.45. The van der Waals surface area contributed by atoms with Crippen LogP contribution in [0.1, 0.15) is 46.8 Å². The van der Waals surface area contributed by atoms with E-state index in [9.17, 15) is 13.2 Å². The van der Waals surface area contributed by atoms with E-state index in [1.807, 2.05) is 6.07 Å². The van der Waals surface area contributed by atoms with Crippen molar-refractivity contribution in [2.24, 2.45) is 0 Å². The number of rotatable bonds is 8. The second-order valence-electron chi connectivity index (χ2n) is 6.21. The van der Waals surface area contributed by atoms with Gasteiger partial charge in [-0.3, -0.25) is 4.79 Å². The summed E-state index contributed by atoms with van der Waals surface area (Å²) in [5, 5.41) is 0. The third kappa shape index (κ3) is 4.58. The standard InChI is InChI=1S/C17H27NO4S2/c1-4-6-15-13(5-2)11-16(23-15)17(19)18(8-9-22-3)14-7-10-24(20,21)12-14/h11,14H,4-10,12H2,1-3H3. The number of sulfone groups is 1. The van der Waals surface area contributed by atoms with Crippen LogP contribution in [0.4, 0.5) is 0 Å². The van der Waals surface area contributed by atoms with Crippen LogP contribution in [0.15, 0.2) is 6.07 Å². The van der Waals surface area contributed by atoms with E-state index in [0.717, 1.165) is 24.1 Å². The number of amides is 1. The molecule has 0 bridgehead atoms. The number of carbonyl (C=O) groups is 1. The second-order valence-corrected chi connectivity index (χ2v) is 9.58. The van der Waals surface area contributed by atoms with Gasteiger partial charge in [0.1, 0.15) is 0 Å². The zero-order valence-corrected chi connectivity index (χ0v) is 16.3. The molecule has 1 atom stereocenters. The van der Waals surface area contributed by atoms with E-state index in [2.05, 4.69) is 13.8 Å². The van der Waals surface area contributed by atoms with E-state index >= 15 is 0 Å². The first kappa shape index (κ1) is 19.4. The fourth-order valence-electron chi connectivity index (χ4n) is 3.11. The molecule has 0 radical (unpaired) electrons. The molecule has 1 unspecified atom stereocenters. The molecule has 1 aliphatic rings. The van der Waals surface area contributed by atoms with Crippen molar-refractivity contribution in [1.29, 1.82) is 0 Å². The smallest absolute Gasteiger partial charge is 0.264 e. The number of hydrogen-bond acceptors (Lipinski definition) is 5. The van der Waals surface area contributed by atoms with Crippen molar-refractivity contribution in [3.63, 3.8) is 0 Å². The maximum Gasteiger partial charge on any atom is 0.264 e. The van der Waals surface area contributed by atoms with Crippen molar-refractivity contribution in [3.8, 4) is 0 Å². The molecule has 0 aromatic carbocycles. The fraction of sp³-hybridized carbons (Fsp3) is 0.706. The fourth-order valence-corrected chi connectivity index (χ4v) is 6.15. The zero-order chi connectivity index (χ0) is 17.7. The minimum atomic E-state index is -3.03. The molecule has 24 heavy (non-hydrogen) atoms. The lowest BCUT2D eigenvalue weighted by molar-refractivity contribution is 0.0629. The Morgan fingerprint density at radius 2 is 2.17 bits per heavy atom. The Morgan fingerprint density at radius 3 is 2.71 bits per heavy atom. The molecule has 1 saturated heterocycles. The van der Waals surface area contributed by atoms with Gasteiger partial charge in [-0.2, -0.15) is 0 Å². The van der Waals surface area contributed by atoms with Gasteiger partial charge < -0.3 is 9.64 Å². The molecule has 1 fully saturated rings. The molecule has 2 rings (SSSR count). The lowest BCUT2D eigenvalue weighted by Gasteiger charge is -2.27. The van der Waals surface area contributed by atoms with Crippen molar-refractivity contribution in [2.45, 2.75) is 45.6 Å². The molecule has 1 aromatic heterocycles. The van der Waals surface area contributed by atoms with Crippen molar-refractivity contribution in [3.05, 3.63) is 21.4 Å². The minimum Gasteiger partial charge on any atom is -0.383 e. The molecule has 5 nitrogen and oxygen atoms in total. The highest BCUT2D eigenvalue weighted by atomic mass is 32.2. The van der Waals surface area contributed by atoms with Gasteiger partial charge in [0.05, 0.1) is 23.0 Å². The summed E-state index contributed by atoms with van der Waals surface area (Å²) < 4.78 is 28.7. The lowest BCUT2D eigenvalue weighted by Crippen LogP contribution is -2.42. The van der Waals surface area contributed by atoms with Gasteiger partial charge in [-0.1, -0.05) is 20.3 Å². The molecule has 1 aromatic rings. The molecule has 2 heterocycles. The summed E-state index contributed by atoms with van der Waals surface area (Å²) in [4.78, 5) is 16.7. The molecule has 0 spiro atoms. The molecule has 7 heteroatoms. The predicted octanol–water partition coefficient (Wildman–Crippen LogP) is 2.54. The highest BCUT2D eigenvalue weighted by Gasteiger charge is 2.35. The zero-order valence-electron chi connectivity index (χ0n) is 14.7. The number of hydrogen-bond donors (Lipinski definition) is 0. The monoisotopic (exact) mass is 373 g/mol. The van der Waals surface area contributed by atoms with Crippen LogP contribution in [0, 0.1) is 0 Å². The third-order valence-corrected chi connectivity index (χ3v) is 7.39. The number of aryl methyl sites for hydroxylation is 2. The molecular formula is C17H27NO4S2.